The number of unbranched alkanes of at least 4 members (excludes halogenated alkanes) is 1. The van der Waals surface area contributed by atoms with E-state index in [-0.39, 0.29) is 29.1 Å². The number of hydrogen-bond donors (Lipinski definition) is 2. The maximum atomic E-state index is 12.0. The van der Waals surface area contributed by atoms with Gasteiger partial charge in [-0.1, -0.05) is 67.7 Å². The van der Waals surface area contributed by atoms with Crippen LogP contribution in [0.1, 0.15) is 81.5 Å². The van der Waals surface area contributed by atoms with E-state index in [2.05, 4.69) is 78.0 Å². The molecule has 1 aromatic rings. The van der Waals surface area contributed by atoms with Gasteiger partial charge in [-0.15, -0.1) is 0 Å². The van der Waals surface area contributed by atoms with Crippen LogP contribution in [0.3, 0.4) is 0 Å². The van der Waals surface area contributed by atoms with Gasteiger partial charge in [-0.2, -0.15) is 0 Å². The fourth-order valence-electron chi connectivity index (χ4n) is 3.08. The van der Waals surface area contributed by atoms with Crippen LogP contribution in [0.15, 0.2) is 84.0 Å². The number of aromatic amines is 1. The summed E-state index contributed by atoms with van der Waals surface area (Å²) in [6.07, 6.45) is 32.5. The number of nitrogens with one attached hydrogen (secondary N) is 2. The minimum absolute atomic E-state index is 0.00244. The van der Waals surface area contributed by atoms with Crippen LogP contribution in [-0.2, 0) is 4.79 Å². The number of carbonyl (C=O) groups excluding carboxylic acids is 2. The molecule has 0 bridgehead atoms. The Morgan fingerprint density at radius 3 is 2.00 bits per heavy atom. The van der Waals surface area contributed by atoms with E-state index < -0.39 is 0 Å². The van der Waals surface area contributed by atoms with Gasteiger partial charge in [-0.05, 0) is 51.4 Å². The Balaban J connectivity index is 1.99. The summed E-state index contributed by atoms with van der Waals surface area (Å²) >= 11 is 0. The molecule has 5 nitrogen and oxygen atoms in total. The number of Topliss-reactive ketones (excluding diaryl/α,β-unsaturated/α-hetero) is 1. The zero-order chi connectivity index (χ0) is 24.7. The highest BCUT2D eigenvalue weighted by Crippen LogP contribution is 2.01. The van der Waals surface area contributed by atoms with Crippen LogP contribution in [0.2, 0.25) is 0 Å². The summed E-state index contributed by atoms with van der Waals surface area (Å²) < 4.78 is 0. The minimum Gasteiger partial charge on any atom is -0.367 e. The van der Waals surface area contributed by atoms with Crippen molar-refractivity contribution in [3.05, 3.63) is 95.0 Å². The molecule has 0 aliphatic heterocycles. The summed E-state index contributed by atoms with van der Waals surface area (Å²) in [5, 5.41) is 2.83. The van der Waals surface area contributed by atoms with Crippen molar-refractivity contribution in [1.29, 1.82) is 0 Å². The van der Waals surface area contributed by atoms with Gasteiger partial charge >= 0.3 is 0 Å². The van der Waals surface area contributed by atoms with Gasteiger partial charge in [0, 0.05) is 37.8 Å². The number of amides is 1. The average Bonchev–Trinajstić information content (AvgIpc) is 2.84. The van der Waals surface area contributed by atoms with Crippen molar-refractivity contribution in [2.24, 2.45) is 0 Å². The van der Waals surface area contributed by atoms with E-state index in [1.807, 2.05) is 0 Å². The van der Waals surface area contributed by atoms with E-state index in [0.29, 0.717) is 19.4 Å². The predicted octanol–water partition coefficient (Wildman–Crippen LogP) is 6.38. The molecule has 0 aromatic carbocycles. The minimum atomic E-state index is -0.275. The zero-order valence-electron chi connectivity index (χ0n) is 20.5. The van der Waals surface area contributed by atoms with Crippen molar-refractivity contribution >= 4 is 11.7 Å². The summed E-state index contributed by atoms with van der Waals surface area (Å²) in [5.41, 5.74) is -0.103. The lowest BCUT2D eigenvalue weighted by molar-refractivity contribution is -0.121. The summed E-state index contributed by atoms with van der Waals surface area (Å²) in [6, 6.07) is 1.34. The molecular weight excluding hydrogens is 424 g/mol. The monoisotopic (exact) mass is 464 g/mol. The van der Waals surface area contributed by atoms with Crippen LogP contribution in [0.4, 0.5) is 0 Å². The van der Waals surface area contributed by atoms with Gasteiger partial charge in [0.15, 0.2) is 11.2 Å². The molecule has 1 aromatic heterocycles. The molecule has 0 fully saturated rings. The molecule has 5 heteroatoms. The zero-order valence-corrected chi connectivity index (χ0v) is 20.5. The molecule has 0 saturated carbocycles. The number of allylic oxidation sites excluding steroid dienone is 10. The van der Waals surface area contributed by atoms with E-state index in [9.17, 15) is 14.4 Å². The molecule has 2 N–H and O–H groups in total. The second-order valence-electron chi connectivity index (χ2n) is 7.90. The molecular formula is C29H40N2O3. The SMILES string of the molecule is CC/C=C\C/C=C\C/C=C\C/C=C\C/C=C\CCCC(=O)NCCCC(=O)c1c[nH]ccc1=O. The first-order chi connectivity index (χ1) is 16.6. The van der Waals surface area contributed by atoms with E-state index in [4.69, 9.17) is 0 Å². The number of ketones is 1. The maximum Gasteiger partial charge on any atom is 0.220 e. The topological polar surface area (TPSA) is 79.0 Å². The van der Waals surface area contributed by atoms with Crippen molar-refractivity contribution in [3.63, 3.8) is 0 Å². The van der Waals surface area contributed by atoms with Gasteiger partial charge < -0.3 is 10.3 Å². The lowest BCUT2D eigenvalue weighted by atomic mass is 10.1. The molecule has 1 rings (SSSR count). The molecule has 34 heavy (non-hydrogen) atoms. The Bertz CT molecular complexity index is 904. The Morgan fingerprint density at radius 2 is 1.41 bits per heavy atom. The normalized spacial score (nSPS) is 12.1. The quantitative estimate of drug-likeness (QED) is 0.150. The van der Waals surface area contributed by atoms with Crippen LogP contribution in [-0.4, -0.2) is 23.2 Å². The Hall–Kier alpha value is -3.21. The standard InChI is InChI=1S/C29H40N2O3/c1-2-3-4-5-6-7-8-9-10-11-12-13-14-15-16-17-18-21-29(34)31-23-19-20-27(32)26-25-30-24-22-28(26)33/h3-4,6-7,9-10,12-13,15-16,22,24-25H,2,5,8,11,14,17-21,23H2,1H3,(H,30,33)(H,31,34)/b4-3-,7-6-,10-9-,13-12-,16-15-. The second kappa shape index (κ2) is 20.4. The van der Waals surface area contributed by atoms with Crippen LogP contribution in [0, 0.1) is 0 Å². The van der Waals surface area contributed by atoms with Crippen molar-refractivity contribution in [3.8, 4) is 0 Å². The fraction of sp³-hybridized carbons (Fsp3) is 0.414. The number of pyridine rings is 1. The molecule has 1 amide bonds. The van der Waals surface area contributed by atoms with Crippen molar-refractivity contribution < 1.29 is 9.59 Å². The fourth-order valence-corrected chi connectivity index (χ4v) is 3.08. The van der Waals surface area contributed by atoms with Gasteiger partial charge in [0.25, 0.3) is 0 Å². The molecule has 0 spiro atoms. The third-order valence-corrected chi connectivity index (χ3v) is 4.96. The van der Waals surface area contributed by atoms with Gasteiger partial charge in [0.05, 0.1) is 5.56 Å². The van der Waals surface area contributed by atoms with E-state index in [0.717, 1.165) is 44.9 Å². The first-order valence-corrected chi connectivity index (χ1v) is 12.4. The number of H-pyrrole nitrogens is 1. The first-order valence-electron chi connectivity index (χ1n) is 12.4. The molecule has 0 aliphatic carbocycles. The highest BCUT2D eigenvalue weighted by Gasteiger charge is 2.09. The Labute approximate surface area is 204 Å². The third-order valence-electron chi connectivity index (χ3n) is 4.96. The van der Waals surface area contributed by atoms with Crippen LogP contribution in [0.25, 0.3) is 0 Å². The summed E-state index contributed by atoms with van der Waals surface area (Å²) in [4.78, 5) is 38.2. The van der Waals surface area contributed by atoms with Gasteiger partial charge in [-0.3, -0.25) is 14.4 Å². The van der Waals surface area contributed by atoms with Gasteiger partial charge in [0.1, 0.15) is 0 Å². The summed E-state index contributed by atoms with van der Waals surface area (Å²) in [7, 11) is 0. The van der Waals surface area contributed by atoms with Crippen molar-refractivity contribution in [2.45, 2.75) is 71.1 Å². The highest BCUT2D eigenvalue weighted by atomic mass is 16.2. The number of hydrogen-bond acceptors (Lipinski definition) is 3. The van der Waals surface area contributed by atoms with Gasteiger partial charge in [0.2, 0.25) is 5.91 Å². The molecule has 0 aliphatic rings. The third kappa shape index (κ3) is 15.6. The second-order valence-corrected chi connectivity index (χ2v) is 7.90. The van der Waals surface area contributed by atoms with Crippen molar-refractivity contribution in [2.75, 3.05) is 6.54 Å². The lowest BCUT2D eigenvalue weighted by Crippen LogP contribution is -2.24. The molecule has 0 atom stereocenters. The molecule has 184 valence electrons. The number of rotatable bonds is 18. The Kier molecular flexibility index (Phi) is 17.3. The molecule has 0 saturated heterocycles. The summed E-state index contributed by atoms with van der Waals surface area (Å²) in [6.45, 7) is 2.58. The van der Waals surface area contributed by atoms with E-state index >= 15 is 0 Å². The van der Waals surface area contributed by atoms with Crippen LogP contribution >= 0.6 is 0 Å². The molecule has 0 unspecified atom stereocenters. The largest absolute Gasteiger partial charge is 0.367 e. The Morgan fingerprint density at radius 1 is 0.824 bits per heavy atom. The smallest absolute Gasteiger partial charge is 0.220 e. The molecule has 1 heterocycles. The number of aromatic nitrogens is 1. The van der Waals surface area contributed by atoms with Gasteiger partial charge in [-0.25, -0.2) is 0 Å². The first kappa shape index (κ1) is 28.8. The van der Waals surface area contributed by atoms with E-state index in [1.165, 1.54) is 18.5 Å². The van der Waals surface area contributed by atoms with Crippen LogP contribution in [0.5, 0.6) is 0 Å². The average molecular weight is 465 g/mol. The van der Waals surface area contributed by atoms with E-state index in [1.54, 1.807) is 0 Å². The van der Waals surface area contributed by atoms with Crippen LogP contribution < -0.4 is 10.7 Å². The highest BCUT2D eigenvalue weighted by molar-refractivity contribution is 5.95. The predicted molar refractivity (Wildman–Crippen MR) is 142 cm³/mol. The number of carbonyl (C=O) groups is 2. The maximum absolute atomic E-state index is 12.0. The molecule has 0 radical (unpaired) electrons. The lowest BCUT2D eigenvalue weighted by Gasteiger charge is -2.04. The van der Waals surface area contributed by atoms with Crippen molar-refractivity contribution in [1.82, 2.24) is 10.3 Å². The summed E-state index contributed by atoms with van der Waals surface area (Å²) in [5.74, 6) is -0.202.